The minimum atomic E-state index is -1.53. The first-order valence-electron chi connectivity index (χ1n) is 14.7. The fourth-order valence-electron chi connectivity index (χ4n) is 9.72. The van der Waals surface area contributed by atoms with Gasteiger partial charge in [-0.2, -0.15) is 0 Å². The molecule has 4 aliphatic carbocycles. The molecule has 0 spiro atoms. The van der Waals surface area contributed by atoms with Crippen LogP contribution in [0, 0.1) is 39.9 Å². The molecule has 0 saturated heterocycles. The Labute approximate surface area is 213 Å². The Morgan fingerprint density at radius 1 is 1.00 bits per heavy atom. The van der Waals surface area contributed by atoms with Crippen molar-refractivity contribution < 1.29 is 4.43 Å². The van der Waals surface area contributed by atoms with Gasteiger partial charge in [-0.3, -0.25) is 0 Å². The SMILES string of the molecule is CC(C)=CCC[C@@H](C)[C@H]1CC[C@H]2C3=C(CC[C@]12C)[C@@]1(C)CC[C@H](O[Si](C)(C)C)C(C)(C)[C@@H]1CC3. The molecule has 34 heavy (non-hydrogen) atoms. The Balaban J connectivity index is 1.57. The molecule has 0 heterocycles. The smallest absolute Gasteiger partial charge is 0.184 e. The predicted octanol–water partition coefficient (Wildman–Crippen LogP) is 9.95. The molecule has 7 atom stereocenters. The van der Waals surface area contributed by atoms with E-state index in [-0.39, 0.29) is 5.41 Å². The summed E-state index contributed by atoms with van der Waals surface area (Å²) in [6.45, 7) is 24.7. The van der Waals surface area contributed by atoms with E-state index in [2.05, 4.69) is 74.2 Å². The van der Waals surface area contributed by atoms with Crippen LogP contribution in [-0.4, -0.2) is 14.4 Å². The van der Waals surface area contributed by atoms with Crippen molar-refractivity contribution in [3.8, 4) is 0 Å². The van der Waals surface area contributed by atoms with Crippen LogP contribution in [0.2, 0.25) is 19.6 Å². The zero-order chi connectivity index (χ0) is 25.1. The van der Waals surface area contributed by atoms with Crippen molar-refractivity contribution in [1.82, 2.24) is 0 Å². The minimum Gasteiger partial charge on any atom is -0.414 e. The maximum Gasteiger partial charge on any atom is 0.184 e. The van der Waals surface area contributed by atoms with Crippen LogP contribution in [0.4, 0.5) is 0 Å². The van der Waals surface area contributed by atoms with E-state index in [0.717, 1.165) is 23.7 Å². The monoisotopic (exact) mass is 484 g/mol. The molecule has 2 fully saturated rings. The molecule has 0 aromatic heterocycles. The summed E-state index contributed by atoms with van der Waals surface area (Å²) in [5.41, 5.74) is 6.60. The summed E-state index contributed by atoms with van der Waals surface area (Å²) in [5, 5.41) is 0. The minimum absolute atomic E-state index is 0.282. The Kier molecular flexibility index (Phi) is 7.22. The standard InChI is InChI=1S/C32H56OSi/c1-22(2)12-11-13-23(3)25-15-16-26-24-14-17-28-30(4,5)29(33-34(8,9)10)19-21-32(28,7)27(24)18-20-31(25,26)6/h12,23,25-26,28-29H,11,13-21H2,1-10H3/t23-,25-,26+,28+,29+,31-,32-/m1/s1. The fourth-order valence-corrected chi connectivity index (χ4v) is 11.0. The molecule has 0 N–H and O–H groups in total. The van der Waals surface area contributed by atoms with E-state index in [4.69, 9.17) is 4.43 Å². The third-order valence-electron chi connectivity index (χ3n) is 11.3. The van der Waals surface area contributed by atoms with Gasteiger partial charge in [-0.05, 0) is 138 Å². The summed E-state index contributed by atoms with van der Waals surface area (Å²) in [7, 11) is -1.53. The Morgan fingerprint density at radius 3 is 2.35 bits per heavy atom. The van der Waals surface area contributed by atoms with Gasteiger partial charge in [0.15, 0.2) is 8.32 Å². The maximum atomic E-state index is 6.82. The highest BCUT2D eigenvalue weighted by Crippen LogP contribution is 2.68. The first kappa shape index (κ1) is 26.7. The zero-order valence-corrected chi connectivity index (χ0v) is 25.4. The molecular formula is C32H56OSi. The third-order valence-corrected chi connectivity index (χ3v) is 12.3. The van der Waals surface area contributed by atoms with Crippen molar-refractivity contribution in [3.05, 3.63) is 22.8 Å². The van der Waals surface area contributed by atoms with Gasteiger partial charge < -0.3 is 4.43 Å². The molecule has 0 amide bonds. The van der Waals surface area contributed by atoms with Crippen molar-refractivity contribution >= 4 is 8.32 Å². The second-order valence-electron chi connectivity index (χ2n) is 15.2. The van der Waals surface area contributed by atoms with Gasteiger partial charge in [0.1, 0.15) is 0 Å². The molecule has 0 bridgehead atoms. The van der Waals surface area contributed by atoms with E-state index in [1.54, 1.807) is 0 Å². The summed E-state index contributed by atoms with van der Waals surface area (Å²) in [5.74, 6) is 3.41. The molecule has 0 aromatic carbocycles. The first-order valence-corrected chi connectivity index (χ1v) is 18.1. The fraction of sp³-hybridized carbons (Fsp3) is 0.875. The molecule has 0 unspecified atom stereocenters. The summed E-state index contributed by atoms with van der Waals surface area (Å²) in [4.78, 5) is 0. The van der Waals surface area contributed by atoms with Crippen LogP contribution in [-0.2, 0) is 4.43 Å². The van der Waals surface area contributed by atoms with Crippen molar-refractivity contribution in [1.29, 1.82) is 0 Å². The number of rotatable bonds is 6. The second kappa shape index (κ2) is 9.20. The maximum absolute atomic E-state index is 6.82. The highest BCUT2D eigenvalue weighted by molar-refractivity contribution is 6.69. The van der Waals surface area contributed by atoms with Gasteiger partial charge in [-0.15, -0.1) is 0 Å². The Hall–Kier alpha value is -0.343. The second-order valence-corrected chi connectivity index (χ2v) is 19.6. The number of fused-ring (bicyclic) bond motifs is 4. The van der Waals surface area contributed by atoms with Crippen LogP contribution in [0.3, 0.4) is 0 Å². The van der Waals surface area contributed by atoms with Crippen LogP contribution in [0.15, 0.2) is 22.8 Å². The van der Waals surface area contributed by atoms with E-state index in [1.165, 1.54) is 69.8 Å². The largest absolute Gasteiger partial charge is 0.414 e. The van der Waals surface area contributed by atoms with E-state index >= 15 is 0 Å². The Morgan fingerprint density at radius 2 is 1.71 bits per heavy atom. The molecule has 0 aliphatic heterocycles. The van der Waals surface area contributed by atoms with Crippen molar-refractivity contribution in [2.24, 2.45) is 39.9 Å². The lowest BCUT2D eigenvalue weighted by Gasteiger charge is -2.61. The van der Waals surface area contributed by atoms with E-state index in [1.807, 2.05) is 11.1 Å². The number of allylic oxidation sites excluding steroid dienone is 4. The lowest BCUT2D eigenvalue weighted by molar-refractivity contribution is -0.0849. The molecule has 4 aliphatic rings. The molecule has 2 heteroatoms. The van der Waals surface area contributed by atoms with Gasteiger partial charge in [0.2, 0.25) is 0 Å². The van der Waals surface area contributed by atoms with Crippen LogP contribution in [0.5, 0.6) is 0 Å². The van der Waals surface area contributed by atoms with Gasteiger partial charge in [-0.25, -0.2) is 0 Å². The van der Waals surface area contributed by atoms with Gasteiger partial charge >= 0.3 is 0 Å². The molecule has 0 radical (unpaired) electrons. The van der Waals surface area contributed by atoms with E-state index in [9.17, 15) is 0 Å². The molecule has 1 nitrogen and oxygen atoms in total. The van der Waals surface area contributed by atoms with Crippen LogP contribution in [0.25, 0.3) is 0 Å². The third kappa shape index (κ3) is 4.57. The highest BCUT2D eigenvalue weighted by atomic mass is 28.4. The van der Waals surface area contributed by atoms with E-state index < -0.39 is 8.32 Å². The first-order chi connectivity index (χ1) is 15.7. The van der Waals surface area contributed by atoms with Gasteiger partial charge in [0.25, 0.3) is 0 Å². The number of hydrogen-bond acceptors (Lipinski definition) is 1. The molecule has 194 valence electrons. The lowest BCUT2D eigenvalue weighted by atomic mass is 9.46. The summed E-state index contributed by atoms with van der Waals surface area (Å²) in [6.07, 6.45) is 16.6. The van der Waals surface area contributed by atoms with Crippen LogP contribution in [0.1, 0.15) is 113 Å². The van der Waals surface area contributed by atoms with Gasteiger partial charge in [-0.1, -0.05) is 57.4 Å². The Bertz CT molecular complexity index is 824. The quantitative estimate of drug-likeness (QED) is 0.269. The topological polar surface area (TPSA) is 9.23 Å². The summed E-state index contributed by atoms with van der Waals surface area (Å²) >= 11 is 0. The zero-order valence-electron chi connectivity index (χ0n) is 24.4. The van der Waals surface area contributed by atoms with E-state index in [0.29, 0.717) is 16.9 Å². The van der Waals surface area contributed by atoms with Crippen molar-refractivity contribution in [3.63, 3.8) is 0 Å². The summed E-state index contributed by atoms with van der Waals surface area (Å²) in [6, 6.07) is 0. The van der Waals surface area contributed by atoms with Crippen molar-refractivity contribution in [2.75, 3.05) is 0 Å². The summed E-state index contributed by atoms with van der Waals surface area (Å²) < 4.78 is 6.82. The average Bonchev–Trinajstić information content (AvgIpc) is 3.06. The predicted molar refractivity (Wildman–Crippen MR) is 150 cm³/mol. The van der Waals surface area contributed by atoms with Crippen molar-refractivity contribution in [2.45, 2.75) is 138 Å². The molecular weight excluding hydrogens is 428 g/mol. The van der Waals surface area contributed by atoms with Crippen LogP contribution < -0.4 is 0 Å². The van der Waals surface area contributed by atoms with Gasteiger partial charge in [0.05, 0.1) is 6.10 Å². The average molecular weight is 485 g/mol. The number of hydrogen-bond donors (Lipinski definition) is 0. The normalized spacial score (nSPS) is 40.3. The van der Waals surface area contributed by atoms with Crippen LogP contribution >= 0.6 is 0 Å². The molecule has 2 saturated carbocycles. The highest BCUT2D eigenvalue weighted by Gasteiger charge is 2.59. The lowest BCUT2D eigenvalue weighted by Crippen LogP contribution is -2.56. The molecule has 0 aromatic rings. The molecule has 4 rings (SSSR count). The van der Waals surface area contributed by atoms with Gasteiger partial charge in [0, 0.05) is 0 Å².